The zero-order chi connectivity index (χ0) is 21.1. The summed E-state index contributed by atoms with van der Waals surface area (Å²) in [6.07, 6.45) is 0. The molecule has 1 amide bonds. The second kappa shape index (κ2) is 8.57. The average molecular weight is 460 g/mol. The number of anilines is 1. The summed E-state index contributed by atoms with van der Waals surface area (Å²) in [6.45, 7) is 3.92. The van der Waals surface area contributed by atoms with E-state index in [2.05, 4.69) is 26.3 Å². The Balaban J connectivity index is 1.84. The van der Waals surface area contributed by atoms with Gasteiger partial charge in [0.15, 0.2) is 11.5 Å². The first-order valence-corrected chi connectivity index (χ1v) is 9.62. The van der Waals surface area contributed by atoms with Crippen LogP contribution in [-0.4, -0.2) is 37.0 Å². The van der Waals surface area contributed by atoms with E-state index in [0.717, 1.165) is 21.5 Å². The first-order valence-electron chi connectivity index (χ1n) is 8.83. The molecule has 0 spiro atoms. The highest BCUT2D eigenvalue weighted by Gasteiger charge is 2.16. The molecule has 0 aliphatic carbocycles. The van der Waals surface area contributed by atoms with E-state index in [4.69, 9.17) is 14.2 Å². The molecule has 1 heterocycles. The van der Waals surface area contributed by atoms with E-state index < -0.39 is 0 Å². The summed E-state index contributed by atoms with van der Waals surface area (Å²) in [5.74, 6) is 1.15. The normalized spacial score (nSPS) is 10.6. The first kappa shape index (κ1) is 20.7. The molecule has 3 rings (SSSR count). The molecule has 3 aromatic rings. The molecule has 8 heteroatoms. The second-order valence-electron chi connectivity index (χ2n) is 6.31. The number of amides is 1. The lowest BCUT2D eigenvalue weighted by molar-refractivity contribution is 0.102. The van der Waals surface area contributed by atoms with Crippen molar-refractivity contribution in [2.75, 3.05) is 26.6 Å². The van der Waals surface area contributed by atoms with E-state index in [9.17, 15) is 4.79 Å². The Bertz CT molecular complexity index is 1020. The SMILES string of the molecule is COc1cc(NC(=O)c2ccc(-n3nc(C)c(Br)c3C)cc2)cc(OC)c1OC. The van der Waals surface area contributed by atoms with Crippen LogP contribution in [0.2, 0.25) is 0 Å². The fourth-order valence-electron chi connectivity index (χ4n) is 2.99. The summed E-state index contributed by atoms with van der Waals surface area (Å²) in [6, 6.07) is 10.6. The van der Waals surface area contributed by atoms with Crippen LogP contribution in [0.3, 0.4) is 0 Å². The number of carbonyl (C=O) groups excluding carboxylic acids is 1. The molecule has 1 N–H and O–H groups in total. The number of halogens is 1. The summed E-state index contributed by atoms with van der Waals surface area (Å²) in [4.78, 5) is 12.7. The number of ether oxygens (including phenoxy) is 3. The number of hydrogen-bond donors (Lipinski definition) is 1. The number of aromatic nitrogens is 2. The van der Waals surface area contributed by atoms with Crippen LogP contribution in [0.25, 0.3) is 5.69 Å². The maximum absolute atomic E-state index is 12.7. The van der Waals surface area contributed by atoms with Gasteiger partial charge < -0.3 is 19.5 Å². The molecule has 152 valence electrons. The minimum absolute atomic E-state index is 0.250. The molecule has 29 heavy (non-hydrogen) atoms. The van der Waals surface area contributed by atoms with Crippen LogP contribution < -0.4 is 19.5 Å². The molecule has 0 aliphatic rings. The van der Waals surface area contributed by atoms with Crippen molar-refractivity contribution in [2.45, 2.75) is 13.8 Å². The van der Waals surface area contributed by atoms with Crippen molar-refractivity contribution >= 4 is 27.5 Å². The molecule has 0 radical (unpaired) electrons. The Hall–Kier alpha value is -3.00. The van der Waals surface area contributed by atoms with Gasteiger partial charge in [-0.2, -0.15) is 5.10 Å². The molecule has 1 aromatic heterocycles. The Morgan fingerprint density at radius 3 is 2.03 bits per heavy atom. The number of hydrogen-bond acceptors (Lipinski definition) is 5. The molecule has 0 fully saturated rings. The van der Waals surface area contributed by atoms with Crippen molar-refractivity contribution in [1.82, 2.24) is 9.78 Å². The van der Waals surface area contributed by atoms with E-state index in [1.807, 2.05) is 30.7 Å². The largest absolute Gasteiger partial charge is 0.493 e. The molecule has 0 bridgehead atoms. The van der Waals surface area contributed by atoms with E-state index >= 15 is 0 Å². The Labute approximate surface area is 177 Å². The van der Waals surface area contributed by atoms with Gasteiger partial charge in [-0.05, 0) is 54.0 Å². The molecule has 2 aromatic carbocycles. The van der Waals surface area contributed by atoms with Gasteiger partial charge in [0, 0.05) is 23.4 Å². The minimum Gasteiger partial charge on any atom is -0.493 e. The van der Waals surface area contributed by atoms with Gasteiger partial charge in [-0.15, -0.1) is 0 Å². The fraction of sp³-hybridized carbons (Fsp3) is 0.238. The number of rotatable bonds is 6. The van der Waals surface area contributed by atoms with Crippen molar-refractivity contribution in [3.8, 4) is 22.9 Å². The van der Waals surface area contributed by atoms with Gasteiger partial charge in [0.1, 0.15) is 0 Å². The standard InChI is InChI=1S/C21H22BrN3O4/c1-12-19(22)13(2)25(24-12)16-8-6-14(7-9-16)21(26)23-15-10-17(27-3)20(29-5)18(11-15)28-4/h6-11H,1-5H3,(H,23,26). The lowest BCUT2D eigenvalue weighted by Crippen LogP contribution is -2.12. The summed E-state index contributed by atoms with van der Waals surface area (Å²) in [5.41, 5.74) is 3.84. The Morgan fingerprint density at radius 2 is 1.59 bits per heavy atom. The quantitative estimate of drug-likeness (QED) is 0.585. The molecule has 0 saturated carbocycles. The molecule has 7 nitrogen and oxygen atoms in total. The van der Waals surface area contributed by atoms with Crippen LogP contribution in [0, 0.1) is 13.8 Å². The van der Waals surface area contributed by atoms with E-state index in [1.165, 1.54) is 21.3 Å². The number of benzene rings is 2. The van der Waals surface area contributed by atoms with Crippen molar-refractivity contribution in [3.63, 3.8) is 0 Å². The summed E-state index contributed by atoms with van der Waals surface area (Å²) >= 11 is 3.53. The molecule has 0 atom stereocenters. The Kier molecular flexibility index (Phi) is 6.12. The van der Waals surface area contributed by atoms with Gasteiger partial charge in [0.05, 0.1) is 42.9 Å². The highest BCUT2D eigenvalue weighted by molar-refractivity contribution is 9.10. The van der Waals surface area contributed by atoms with Crippen molar-refractivity contribution < 1.29 is 19.0 Å². The predicted octanol–water partition coefficient (Wildman–Crippen LogP) is 4.53. The monoisotopic (exact) mass is 459 g/mol. The predicted molar refractivity (Wildman–Crippen MR) is 115 cm³/mol. The van der Waals surface area contributed by atoms with Gasteiger partial charge in [-0.25, -0.2) is 4.68 Å². The van der Waals surface area contributed by atoms with Crippen LogP contribution in [0.15, 0.2) is 40.9 Å². The maximum atomic E-state index is 12.7. The van der Waals surface area contributed by atoms with Crippen molar-refractivity contribution in [1.29, 1.82) is 0 Å². The average Bonchev–Trinajstić information content (AvgIpc) is 3.00. The minimum atomic E-state index is -0.250. The molecule has 0 saturated heterocycles. The fourth-order valence-corrected chi connectivity index (χ4v) is 3.23. The van der Waals surface area contributed by atoms with Gasteiger partial charge in [-0.3, -0.25) is 4.79 Å². The van der Waals surface area contributed by atoms with Crippen LogP contribution in [0.1, 0.15) is 21.7 Å². The summed E-state index contributed by atoms with van der Waals surface area (Å²) < 4.78 is 18.8. The van der Waals surface area contributed by atoms with Crippen LogP contribution in [0.4, 0.5) is 5.69 Å². The third-order valence-corrected chi connectivity index (χ3v) is 5.65. The van der Waals surface area contributed by atoms with Gasteiger partial charge >= 0.3 is 0 Å². The molecular weight excluding hydrogens is 438 g/mol. The number of nitrogens with one attached hydrogen (secondary N) is 1. The zero-order valence-corrected chi connectivity index (χ0v) is 18.5. The number of nitrogens with zero attached hydrogens (tertiary/aromatic N) is 2. The lowest BCUT2D eigenvalue weighted by Gasteiger charge is -2.14. The lowest BCUT2D eigenvalue weighted by atomic mass is 10.1. The molecule has 0 aliphatic heterocycles. The van der Waals surface area contributed by atoms with Crippen molar-refractivity contribution in [2.24, 2.45) is 0 Å². The third kappa shape index (κ3) is 4.07. The number of carbonyl (C=O) groups is 1. The van der Waals surface area contributed by atoms with Gasteiger partial charge in [-0.1, -0.05) is 0 Å². The second-order valence-corrected chi connectivity index (χ2v) is 7.10. The smallest absolute Gasteiger partial charge is 0.255 e. The third-order valence-electron chi connectivity index (χ3n) is 4.50. The van der Waals surface area contributed by atoms with Crippen LogP contribution in [0.5, 0.6) is 17.2 Å². The van der Waals surface area contributed by atoms with E-state index in [-0.39, 0.29) is 5.91 Å². The maximum Gasteiger partial charge on any atom is 0.255 e. The van der Waals surface area contributed by atoms with E-state index in [1.54, 1.807) is 24.3 Å². The van der Waals surface area contributed by atoms with Crippen LogP contribution in [-0.2, 0) is 0 Å². The number of methoxy groups -OCH3 is 3. The van der Waals surface area contributed by atoms with E-state index in [0.29, 0.717) is 28.5 Å². The summed E-state index contributed by atoms with van der Waals surface area (Å²) in [7, 11) is 4.58. The molecular formula is C21H22BrN3O4. The highest BCUT2D eigenvalue weighted by atomic mass is 79.9. The molecule has 0 unspecified atom stereocenters. The summed E-state index contributed by atoms with van der Waals surface area (Å²) in [5, 5.41) is 7.36. The number of aryl methyl sites for hydroxylation is 1. The first-order chi connectivity index (χ1) is 13.9. The Morgan fingerprint density at radius 1 is 1.00 bits per heavy atom. The zero-order valence-electron chi connectivity index (χ0n) is 16.9. The van der Waals surface area contributed by atoms with Crippen LogP contribution >= 0.6 is 15.9 Å². The topological polar surface area (TPSA) is 74.6 Å². The highest BCUT2D eigenvalue weighted by Crippen LogP contribution is 2.40. The van der Waals surface area contributed by atoms with Crippen molar-refractivity contribution in [3.05, 3.63) is 57.8 Å². The van der Waals surface area contributed by atoms with Gasteiger partial charge in [0.25, 0.3) is 5.91 Å². The van der Waals surface area contributed by atoms with Gasteiger partial charge in [0.2, 0.25) is 5.75 Å².